The Hall–Kier alpha value is -1.75. The first-order valence-electron chi connectivity index (χ1n) is 7.76. The molecule has 1 atom stereocenters. The van der Waals surface area contributed by atoms with E-state index in [1.807, 2.05) is 50.4 Å². The summed E-state index contributed by atoms with van der Waals surface area (Å²) in [5.41, 5.74) is 1.67. The average molecular weight is 368 g/mol. The summed E-state index contributed by atoms with van der Waals surface area (Å²) in [6.45, 7) is 3.50. The molecular weight excluding hydrogens is 347 g/mol. The first-order chi connectivity index (χ1) is 11.5. The minimum atomic E-state index is -0.0604. The largest absolute Gasteiger partial charge is 0.494 e. The van der Waals surface area contributed by atoms with Gasteiger partial charge in [-0.15, -0.1) is 0 Å². The summed E-state index contributed by atoms with van der Waals surface area (Å²) in [4.78, 5) is 13.2. The summed E-state index contributed by atoms with van der Waals surface area (Å²) < 4.78 is 5.38. The standard InChI is InChI=1S/C18H20Cl2N2O2/c1-3-24-15-9-7-14(8-10-15)21-17(23)12-22(2)11-13-5-4-6-16(19)18(13)20/h4-10H,3,11-12H2,1-2H3,(H,21,23)/p+1. The number of quaternary nitrogens is 1. The van der Waals surface area contributed by atoms with Gasteiger partial charge in [0, 0.05) is 11.3 Å². The number of hydrogen-bond donors (Lipinski definition) is 2. The van der Waals surface area contributed by atoms with Gasteiger partial charge in [0.05, 0.1) is 23.7 Å². The van der Waals surface area contributed by atoms with Crippen molar-refractivity contribution in [2.24, 2.45) is 0 Å². The lowest BCUT2D eigenvalue weighted by molar-refractivity contribution is -0.885. The van der Waals surface area contributed by atoms with E-state index in [1.54, 1.807) is 6.07 Å². The fourth-order valence-corrected chi connectivity index (χ4v) is 2.74. The van der Waals surface area contributed by atoms with Gasteiger partial charge in [-0.1, -0.05) is 35.3 Å². The van der Waals surface area contributed by atoms with Crippen molar-refractivity contribution < 1.29 is 14.4 Å². The van der Waals surface area contributed by atoms with Gasteiger partial charge in [0.25, 0.3) is 5.91 Å². The Bertz CT molecular complexity index is 690. The van der Waals surface area contributed by atoms with Gasteiger partial charge in [-0.25, -0.2) is 0 Å². The smallest absolute Gasteiger partial charge is 0.279 e. The van der Waals surface area contributed by atoms with Crippen LogP contribution in [-0.4, -0.2) is 26.1 Å². The molecule has 24 heavy (non-hydrogen) atoms. The molecule has 1 unspecified atom stereocenters. The Kier molecular flexibility index (Phi) is 6.91. The number of carbonyl (C=O) groups is 1. The lowest BCUT2D eigenvalue weighted by Gasteiger charge is -2.15. The van der Waals surface area contributed by atoms with E-state index in [1.165, 1.54) is 0 Å². The van der Waals surface area contributed by atoms with Gasteiger partial charge in [-0.2, -0.15) is 0 Å². The highest BCUT2D eigenvalue weighted by molar-refractivity contribution is 6.42. The number of anilines is 1. The number of ether oxygens (including phenoxy) is 1. The molecule has 0 aliphatic heterocycles. The molecule has 0 heterocycles. The average Bonchev–Trinajstić information content (AvgIpc) is 2.54. The highest BCUT2D eigenvalue weighted by Gasteiger charge is 2.13. The first-order valence-corrected chi connectivity index (χ1v) is 8.52. The van der Waals surface area contributed by atoms with Crippen LogP contribution in [0.1, 0.15) is 12.5 Å². The summed E-state index contributed by atoms with van der Waals surface area (Å²) in [6, 6.07) is 12.8. The SMILES string of the molecule is CCOc1ccc(NC(=O)C[NH+](C)Cc2cccc(Cl)c2Cl)cc1. The number of carbonyl (C=O) groups excluding carboxylic acids is 1. The monoisotopic (exact) mass is 367 g/mol. The van der Waals surface area contributed by atoms with Gasteiger partial charge in [-0.3, -0.25) is 4.79 Å². The molecule has 0 saturated heterocycles. The van der Waals surface area contributed by atoms with Gasteiger partial charge in [0.1, 0.15) is 12.3 Å². The van der Waals surface area contributed by atoms with Crippen LogP contribution < -0.4 is 15.0 Å². The molecule has 0 aliphatic carbocycles. The highest BCUT2D eigenvalue weighted by atomic mass is 35.5. The summed E-state index contributed by atoms with van der Waals surface area (Å²) in [6.07, 6.45) is 0. The third-order valence-corrected chi connectivity index (χ3v) is 4.29. The maximum Gasteiger partial charge on any atom is 0.279 e. The lowest BCUT2D eigenvalue weighted by Crippen LogP contribution is -3.08. The topological polar surface area (TPSA) is 42.8 Å². The third kappa shape index (κ3) is 5.41. The zero-order valence-electron chi connectivity index (χ0n) is 13.7. The zero-order valence-corrected chi connectivity index (χ0v) is 15.2. The third-order valence-electron chi connectivity index (χ3n) is 3.44. The van der Waals surface area contributed by atoms with Crippen molar-refractivity contribution in [2.75, 3.05) is 25.5 Å². The molecule has 0 radical (unpaired) electrons. The summed E-state index contributed by atoms with van der Waals surface area (Å²) in [7, 11) is 1.94. The second-order valence-corrected chi connectivity index (χ2v) is 6.31. The van der Waals surface area contributed by atoms with E-state index < -0.39 is 0 Å². The molecule has 2 aromatic rings. The molecule has 2 N–H and O–H groups in total. The van der Waals surface area contributed by atoms with Crippen molar-refractivity contribution in [3.8, 4) is 5.75 Å². The number of benzene rings is 2. The molecule has 2 rings (SSSR count). The molecular formula is C18H21Cl2N2O2+. The van der Waals surface area contributed by atoms with Crippen LogP contribution in [0.5, 0.6) is 5.75 Å². The van der Waals surface area contributed by atoms with Crippen molar-refractivity contribution in [2.45, 2.75) is 13.5 Å². The summed E-state index contributed by atoms with van der Waals surface area (Å²) in [5.74, 6) is 0.726. The van der Waals surface area contributed by atoms with Gasteiger partial charge in [0.2, 0.25) is 0 Å². The van der Waals surface area contributed by atoms with Gasteiger partial charge in [-0.05, 0) is 37.3 Å². The van der Waals surface area contributed by atoms with E-state index in [-0.39, 0.29) is 5.91 Å². The predicted octanol–water partition coefficient (Wildman–Crippen LogP) is 3.05. The van der Waals surface area contributed by atoms with Gasteiger partial charge in [0.15, 0.2) is 6.54 Å². The Morgan fingerprint density at radius 2 is 1.88 bits per heavy atom. The zero-order chi connectivity index (χ0) is 17.5. The van der Waals surface area contributed by atoms with Crippen LogP contribution in [0.15, 0.2) is 42.5 Å². The van der Waals surface area contributed by atoms with E-state index in [4.69, 9.17) is 27.9 Å². The number of hydrogen-bond acceptors (Lipinski definition) is 2. The normalized spacial score (nSPS) is 11.8. The molecule has 4 nitrogen and oxygen atoms in total. The van der Waals surface area contributed by atoms with Gasteiger partial charge < -0.3 is 15.0 Å². The van der Waals surface area contributed by atoms with Crippen molar-refractivity contribution in [1.82, 2.24) is 0 Å². The van der Waals surface area contributed by atoms with E-state index in [0.717, 1.165) is 21.9 Å². The highest BCUT2D eigenvalue weighted by Crippen LogP contribution is 2.24. The predicted molar refractivity (Wildman–Crippen MR) is 98.2 cm³/mol. The van der Waals surface area contributed by atoms with Crippen LogP contribution in [0.25, 0.3) is 0 Å². The summed E-state index contributed by atoms with van der Waals surface area (Å²) in [5, 5.41) is 3.95. The minimum Gasteiger partial charge on any atom is -0.494 e. The summed E-state index contributed by atoms with van der Waals surface area (Å²) >= 11 is 12.2. The fourth-order valence-electron chi connectivity index (χ4n) is 2.35. The minimum absolute atomic E-state index is 0.0604. The molecule has 0 saturated carbocycles. The van der Waals surface area contributed by atoms with E-state index in [9.17, 15) is 4.79 Å². The number of nitrogens with one attached hydrogen (secondary N) is 2. The Morgan fingerprint density at radius 3 is 2.54 bits per heavy atom. The number of amides is 1. The maximum absolute atomic E-state index is 12.2. The van der Waals surface area contributed by atoms with Crippen molar-refractivity contribution in [1.29, 1.82) is 0 Å². The van der Waals surface area contributed by atoms with E-state index >= 15 is 0 Å². The van der Waals surface area contributed by atoms with Crippen LogP contribution in [0.3, 0.4) is 0 Å². The van der Waals surface area contributed by atoms with Crippen LogP contribution >= 0.6 is 23.2 Å². The molecule has 2 aromatic carbocycles. The van der Waals surface area contributed by atoms with Crippen molar-refractivity contribution in [3.63, 3.8) is 0 Å². The molecule has 128 valence electrons. The lowest BCUT2D eigenvalue weighted by atomic mass is 10.2. The Labute approximate surface area is 152 Å². The second-order valence-electron chi connectivity index (χ2n) is 5.53. The van der Waals surface area contributed by atoms with Gasteiger partial charge >= 0.3 is 0 Å². The Morgan fingerprint density at radius 1 is 1.17 bits per heavy atom. The van der Waals surface area contributed by atoms with Crippen LogP contribution in [0.2, 0.25) is 10.0 Å². The molecule has 0 spiro atoms. The number of halogens is 2. The number of likely N-dealkylation sites (N-methyl/N-ethyl adjacent to an activating group) is 1. The molecule has 0 aliphatic rings. The quantitative estimate of drug-likeness (QED) is 0.789. The second kappa shape index (κ2) is 8.92. The fraction of sp³-hybridized carbons (Fsp3) is 0.278. The maximum atomic E-state index is 12.2. The van der Waals surface area contributed by atoms with Crippen molar-refractivity contribution >= 4 is 34.8 Å². The van der Waals surface area contributed by atoms with Crippen LogP contribution in [-0.2, 0) is 11.3 Å². The van der Waals surface area contributed by atoms with Crippen LogP contribution in [0, 0.1) is 0 Å². The molecule has 0 fully saturated rings. The molecule has 1 amide bonds. The Balaban J connectivity index is 1.88. The van der Waals surface area contributed by atoms with E-state index in [0.29, 0.717) is 29.7 Å². The molecule has 0 bridgehead atoms. The van der Waals surface area contributed by atoms with E-state index in [2.05, 4.69) is 5.32 Å². The molecule has 0 aromatic heterocycles. The van der Waals surface area contributed by atoms with Crippen LogP contribution in [0.4, 0.5) is 5.69 Å². The number of rotatable bonds is 7. The molecule has 6 heteroatoms. The van der Waals surface area contributed by atoms with Crippen molar-refractivity contribution in [3.05, 3.63) is 58.1 Å². The first kappa shape index (κ1) is 18.6.